The third-order valence-electron chi connectivity index (χ3n) is 5.22. The Bertz CT molecular complexity index is 1030. The lowest BCUT2D eigenvalue weighted by Crippen LogP contribution is -2.32. The van der Waals surface area contributed by atoms with Gasteiger partial charge in [0, 0.05) is 18.9 Å². The van der Waals surface area contributed by atoms with Crippen molar-refractivity contribution < 1.29 is 4.79 Å². The van der Waals surface area contributed by atoms with Gasteiger partial charge in [0.1, 0.15) is 5.52 Å². The Morgan fingerprint density at radius 1 is 1.15 bits per heavy atom. The molecule has 0 bridgehead atoms. The van der Waals surface area contributed by atoms with E-state index in [1.165, 1.54) is 15.8 Å². The summed E-state index contributed by atoms with van der Waals surface area (Å²) in [7, 11) is 0. The van der Waals surface area contributed by atoms with Crippen molar-refractivity contribution in [2.45, 2.75) is 38.1 Å². The van der Waals surface area contributed by atoms with Crippen LogP contribution in [0.2, 0.25) is 0 Å². The number of nitrogens with zero attached hydrogens (tertiary/aromatic N) is 3. The average Bonchev–Trinajstić information content (AvgIpc) is 2.72. The van der Waals surface area contributed by atoms with Crippen molar-refractivity contribution in [1.82, 2.24) is 20.3 Å². The molecule has 1 N–H and O–H groups in total. The third kappa shape index (κ3) is 3.74. The highest BCUT2D eigenvalue weighted by atomic mass is 16.2. The number of benzene rings is 2. The minimum absolute atomic E-state index is 0.0695. The summed E-state index contributed by atoms with van der Waals surface area (Å²) in [6.07, 6.45) is 3.57. The number of hydrogen-bond acceptors (Lipinski definition) is 4. The van der Waals surface area contributed by atoms with Gasteiger partial charge in [-0.2, -0.15) is 0 Å². The number of rotatable bonds is 5. The van der Waals surface area contributed by atoms with Crippen molar-refractivity contribution in [2.24, 2.45) is 0 Å². The van der Waals surface area contributed by atoms with Crippen molar-refractivity contribution in [2.75, 3.05) is 6.54 Å². The normalized spacial score (nSPS) is 16.1. The van der Waals surface area contributed by atoms with E-state index in [2.05, 4.69) is 39.9 Å². The molecule has 6 heteroatoms. The van der Waals surface area contributed by atoms with Gasteiger partial charge in [0.15, 0.2) is 0 Å². The summed E-state index contributed by atoms with van der Waals surface area (Å²) in [6, 6.07) is 15.6. The summed E-state index contributed by atoms with van der Waals surface area (Å²) in [5.74, 6) is 0.294. The van der Waals surface area contributed by atoms with E-state index >= 15 is 0 Å². The van der Waals surface area contributed by atoms with Gasteiger partial charge in [0.05, 0.1) is 11.9 Å². The molecule has 2 aromatic carbocycles. The van der Waals surface area contributed by atoms with Gasteiger partial charge in [0.25, 0.3) is 5.56 Å². The van der Waals surface area contributed by atoms with Gasteiger partial charge in [0.2, 0.25) is 5.91 Å². The SMILES string of the molecule is O=C(CCn1nnc2ccccc2c1=O)NCC1CCCc2ccccc21. The molecule has 0 saturated carbocycles. The minimum atomic E-state index is -0.213. The molecule has 1 heterocycles. The zero-order valence-electron chi connectivity index (χ0n) is 15.1. The van der Waals surface area contributed by atoms with Crippen LogP contribution in [0.15, 0.2) is 53.3 Å². The summed E-state index contributed by atoms with van der Waals surface area (Å²) >= 11 is 0. The van der Waals surface area contributed by atoms with E-state index in [0.29, 0.717) is 23.4 Å². The molecule has 1 aliphatic carbocycles. The molecule has 0 spiro atoms. The summed E-state index contributed by atoms with van der Waals surface area (Å²) in [4.78, 5) is 24.7. The summed E-state index contributed by atoms with van der Waals surface area (Å²) in [5, 5.41) is 11.5. The second-order valence-electron chi connectivity index (χ2n) is 6.98. The molecular weight excluding hydrogens is 340 g/mol. The van der Waals surface area contributed by atoms with Crippen LogP contribution in [0.25, 0.3) is 10.9 Å². The van der Waals surface area contributed by atoms with E-state index in [-0.39, 0.29) is 24.4 Å². The predicted molar refractivity (Wildman–Crippen MR) is 104 cm³/mol. The Labute approximate surface area is 157 Å². The van der Waals surface area contributed by atoms with Crippen molar-refractivity contribution in [1.29, 1.82) is 0 Å². The Balaban J connectivity index is 1.36. The Hall–Kier alpha value is -3.02. The van der Waals surface area contributed by atoms with Crippen LogP contribution in [0.3, 0.4) is 0 Å². The van der Waals surface area contributed by atoms with Gasteiger partial charge in [-0.1, -0.05) is 41.6 Å². The standard InChI is InChI=1S/C21H22N4O2/c26-20(22-14-16-8-5-7-15-6-1-2-9-17(15)16)12-13-25-21(27)18-10-3-4-11-19(18)23-24-25/h1-4,6,9-11,16H,5,7-8,12-14H2,(H,22,26). The first kappa shape index (κ1) is 17.4. The lowest BCUT2D eigenvalue weighted by molar-refractivity contribution is -0.121. The summed E-state index contributed by atoms with van der Waals surface area (Å²) in [5.41, 5.74) is 3.09. The number of carbonyl (C=O) groups is 1. The maximum Gasteiger partial charge on any atom is 0.277 e. The van der Waals surface area contributed by atoms with Crippen LogP contribution < -0.4 is 10.9 Å². The number of aromatic nitrogens is 3. The van der Waals surface area contributed by atoms with E-state index in [1.54, 1.807) is 18.2 Å². The number of aryl methyl sites for hydroxylation is 2. The molecule has 1 atom stereocenters. The molecule has 6 nitrogen and oxygen atoms in total. The molecule has 0 aliphatic heterocycles. The molecule has 0 saturated heterocycles. The molecule has 1 aliphatic rings. The van der Waals surface area contributed by atoms with Crippen molar-refractivity contribution in [3.63, 3.8) is 0 Å². The minimum Gasteiger partial charge on any atom is -0.355 e. The molecule has 4 rings (SSSR count). The second kappa shape index (κ2) is 7.70. The quantitative estimate of drug-likeness (QED) is 0.756. The zero-order valence-corrected chi connectivity index (χ0v) is 15.1. The van der Waals surface area contributed by atoms with Crippen LogP contribution in [0.1, 0.15) is 36.3 Å². The Kier molecular flexibility index (Phi) is 4.96. The number of carbonyl (C=O) groups excluding carboxylic acids is 1. The maximum absolute atomic E-state index is 12.4. The number of amides is 1. The first-order valence-electron chi connectivity index (χ1n) is 9.39. The Morgan fingerprint density at radius 3 is 2.89 bits per heavy atom. The zero-order chi connectivity index (χ0) is 18.6. The molecule has 1 amide bonds. The van der Waals surface area contributed by atoms with E-state index < -0.39 is 0 Å². The predicted octanol–water partition coefficient (Wildman–Crippen LogP) is 2.42. The fraction of sp³-hybridized carbons (Fsp3) is 0.333. The van der Waals surface area contributed by atoms with E-state index in [9.17, 15) is 9.59 Å². The molecule has 0 fully saturated rings. The molecule has 1 aromatic heterocycles. The van der Waals surface area contributed by atoms with Crippen LogP contribution in [-0.4, -0.2) is 27.4 Å². The van der Waals surface area contributed by atoms with E-state index in [0.717, 1.165) is 19.3 Å². The summed E-state index contributed by atoms with van der Waals surface area (Å²) < 4.78 is 1.26. The lowest BCUT2D eigenvalue weighted by Gasteiger charge is -2.25. The van der Waals surface area contributed by atoms with Gasteiger partial charge in [-0.3, -0.25) is 9.59 Å². The van der Waals surface area contributed by atoms with Crippen LogP contribution in [0.5, 0.6) is 0 Å². The second-order valence-corrected chi connectivity index (χ2v) is 6.98. The van der Waals surface area contributed by atoms with Gasteiger partial charge >= 0.3 is 0 Å². The molecule has 0 radical (unpaired) electrons. The van der Waals surface area contributed by atoms with Gasteiger partial charge < -0.3 is 5.32 Å². The maximum atomic E-state index is 12.4. The van der Waals surface area contributed by atoms with Gasteiger partial charge in [-0.25, -0.2) is 4.68 Å². The van der Waals surface area contributed by atoms with Crippen molar-refractivity contribution >= 4 is 16.8 Å². The van der Waals surface area contributed by atoms with Gasteiger partial charge in [-0.15, -0.1) is 5.10 Å². The smallest absolute Gasteiger partial charge is 0.277 e. The number of fused-ring (bicyclic) bond motifs is 2. The average molecular weight is 362 g/mol. The van der Waals surface area contributed by atoms with E-state index in [4.69, 9.17) is 0 Å². The Morgan fingerprint density at radius 2 is 1.96 bits per heavy atom. The fourth-order valence-electron chi connectivity index (χ4n) is 3.77. The topological polar surface area (TPSA) is 76.9 Å². The van der Waals surface area contributed by atoms with Gasteiger partial charge in [-0.05, 0) is 42.5 Å². The molecule has 1 unspecified atom stereocenters. The highest BCUT2D eigenvalue weighted by Crippen LogP contribution is 2.30. The summed E-state index contributed by atoms with van der Waals surface area (Å²) in [6.45, 7) is 0.859. The number of nitrogens with one attached hydrogen (secondary N) is 1. The van der Waals surface area contributed by atoms with Crippen LogP contribution in [0.4, 0.5) is 0 Å². The third-order valence-corrected chi connectivity index (χ3v) is 5.22. The largest absolute Gasteiger partial charge is 0.355 e. The molecule has 3 aromatic rings. The van der Waals surface area contributed by atoms with Crippen LogP contribution in [-0.2, 0) is 17.8 Å². The van der Waals surface area contributed by atoms with Crippen LogP contribution >= 0.6 is 0 Å². The molecule has 138 valence electrons. The first-order valence-corrected chi connectivity index (χ1v) is 9.39. The van der Waals surface area contributed by atoms with Crippen LogP contribution in [0, 0.1) is 0 Å². The monoisotopic (exact) mass is 362 g/mol. The molecule has 27 heavy (non-hydrogen) atoms. The van der Waals surface area contributed by atoms with E-state index in [1.807, 2.05) is 6.07 Å². The lowest BCUT2D eigenvalue weighted by atomic mass is 9.83. The number of hydrogen-bond donors (Lipinski definition) is 1. The molecular formula is C21H22N4O2. The highest BCUT2D eigenvalue weighted by Gasteiger charge is 2.20. The van der Waals surface area contributed by atoms with Crippen molar-refractivity contribution in [3.8, 4) is 0 Å². The first-order chi connectivity index (χ1) is 13.2. The van der Waals surface area contributed by atoms with Crippen molar-refractivity contribution in [3.05, 3.63) is 70.0 Å². The fourth-order valence-corrected chi connectivity index (χ4v) is 3.77. The highest BCUT2D eigenvalue weighted by molar-refractivity contribution is 5.77.